The van der Waals surface area contributed by atoms with Crippen LogP contribution in [0, 0.1) is 13.8 Å². The minimum atomic E-state index is -0.150. The molecule has 0 radical (unpaired) electrons. The first-order valence-corrected chi connectivity index (χ1v) is 6.79. The fraction of sp³-hybridized carbons (Fsp3) is 0.600. The number of rotatable bonds is 4. The average molecular weight is 338 g/mol. The molecule has 0 aromatic carbocycles. The summed E-state index contributed by atoms with van der Waals surface area (Å²) < 4.78 is 2.65. The van der Waals surface area contributed by atoms with Crippen LogP contribution < -0.4 is 5.69 Å². The monoisotopic (exact) mass is 336 g/mol. The normalized spacial score (nSPS) is 10.7. The zero-order valence-electron chi connectivity index (χ0n) is 8.89. The fourth-order valence-corrected chi connectivity index (χ4v) is 2.10. The molecule has 0 fully saturated rings. The maximum absolute atomic E-state index is 11.6. The molecule has 0 saturated heterocycles. The highest BCUT2D eigenvalue weighted by Gasteiger charge is 2.08. The second kappa shape index (κ2) is 5.80. The summed E-state index contributed by atoms with van der Waals surface area (Å²) in [4.78, 5) is 15.6. The zero-order chi connectivity index (χ0) is 11.4. The second-order valence-electron chi connectivity index (χ2n) is 3.43. The van der Waals surface area contributed by atoms with Crippen LogP contribution in [0.3, 0.4) is 0 Å². The van der Waals surface area contributed by atoms with Crippen molar-refractivity contribution in [2.24, 2.45) is 0 Å². The van der Waals surface area contributed by atoms with Gasteiger partial charge in [0.15, 0.2) is 0 Å². The van der Waals surface area contributed by atoms with E-state index in [4.69, 9.17) is 0 Å². The Morgan fingerprint density at radius 2 is 2.00 bits per heavy atom. The largest absolute Gasteiger partial charge is 0.348 e. The van der Waals surface area contributed by atoms with E-state index >= 15 is 0 Å². The molecule has 0 atom stereocenters. The molecule has 0 aliphatic heterocycles. The summed E-state index contributed by atoms with van der Waals surface area (Å²) in [7, 11) is 0. The quantitative estimate of drug-likeness (QED) is 0.625. The lowest BCUT2D eigenvalue weighted by Crippen LogP contribution is -2.26. The van der Waals surface area contributed by atoms with Crippen LogP contribution in [0.25, 0.3) is 0 Å². The van der Waals surface area contributed by atoms with Crippen LogP contribution in [-0.2, 0) is 6.54 Å². The third-order valence-corrected chi connectivity index (χ3v) is 4.01. The molecule has 84 valence electrons. The van der Waals surface area contributed by atoms with Crippen molar-refractivity contribution in [3.63, 3.8) is 0 Å². The molecule has 5 heteroatoms. The fourth-order valence-electron chi connectivity index (χ4n) is 1.40. The SMILES string of the molecule is Cc1nc(=O)n(CCCCBr)c(C)c1Br. The van der Waals surface area contributed by atoms with E-state index in [2.05, 4.69) is 36.8 Å². The predicted octanol–water partition coefficient (Wildman–Crippen LogP) is 2.80. The molecule has 0 bridgehead atoms. The van der Waals surface area contributed by atoms with Gasteiger partial charge in [0.1, 0.15) is 0 Å². The van der Waals surface area contributed by atoms with Gasteiger partial charge < -0.3 is 0 Å². The Labute approximate surface area is 106 Å². The van der Waals surface area contributed by atoms with Gasteiger partial charge in [-0.1, -0.05) is 15.9 Å². The Bertz CT molecular complexity index is 401. The highest BCUT2D eigenvalue weighted by molar-refractivity contribution is 9.10. The molecule has 0 spiro atoms. The molecule has 0 amide bonds. The second-order valence-corrected chi connectivity index (χ2v) is 5.01. The van der Waals surface area contributed by atoms with Crippen LogP contribution in [0.4, 0.5) is 0 Å². The summed E-state index contributed by atoms with van der Waals surface area (Å²) in [6.07, 6.45) is 2.06. The Morgan fingerprint density at radius 1 is 1.33 bits per heavy atom. The lowest BCUT2D eigenvalue weighted by Gasteiger charge is -2.11. The lowest BCUT2D eigenvalue weighted by molar-refractivity contribution is 0.582. The molecule has 0 aliphatic carbocycles. The van der Waals surface area contributed by atoms with Crippen molar-refractivity contribution in [1.82, 2.24) is 9.55 Å². The minimum Gasteiger partial charge on any atom is -0.295 e. The van der Waals surface area contributed by atoms with E-state index in [-0.39, 0.29) is 5.69 Å². The van der Waals surface area contributed by atoms with Gasteiger partial charge in [0.25, 0.3) is 0 Å². The summed E-state index contributed by atoms with van der Waals surface area (Å²) in [5.74, 6) is 0. The van der Waals surface area contributed by atoms with Crippen molar-refractivity contribution >= 4 is 31.9 Å². The molecule has 1 aromatic heterocycles. The molecule has 1 rings (SSSR count). The highest BCUT2D eigenvalue weighted by Crippen LogP contribution is 2.16. The molecule has 3 nitrogen and oxygen atoms in total. The summed E-state index contributed by atoms with van der Waals surface area (Å²) >= 11 is 6.82. The first-order valence-electron chi connectivity index (χ1n) is 4.87. The van der Waals surface area contributed by atoms with Gasteiger partial charge in [-0.25, -0.2) is 4.79 Å². The van der Waals surface area contributed by atoms with Gasteiger partial charge in [0, 0.05) is 17.6 Å². The standard InChI is InChI=1S/C10H14Br2N2O/c1-7-9(12)8(2)14(10(15)13-7)6-4-3-5-11/h3-6H2,1-2H3. The lowest BCUT2D eigenvalue weighted by atomic mass is 10.3. The number of halogens is 2. The first kappa shape index (κ1) is 12.9. The van der Waals surface area contributed by atoms with Crippen molar-refractivity contribution in [3.8, 4) is 0 Å². The Balaban J connectivity index is 2.97. The molecule has 0 N–H and O–H groups in total. The van der Waals surface area contributed by atoms with Gasteiger partial charge in [-0.3, -0.25) is 4.57 Å². The van der Waals surface area contributed by atoms with Crippen molar-refractivity contribution in [2.75, 3.05) is 5.33 Å². The Morgan fingerprint density at radius 3 is 2.60 bits per heavy atom. The predicted molar refractivity (Wildman–Crippen MR) is 68.7 cm³/mol. The number of alkyl halides is 1. The Kier molecular flexibility index (Phi) is 4.99. The zero-order valence-corrected chi connectivity index (χ0v) is 12.1. The van der Waals surface area contributed by atoms with Crippen LogP contribution in [0.2, 0.25) is 0 Å². The van der Waals surface area contributed by atoms with Gasteiger partial charge in [-0.05, 0) is 42.6 Å². The molecule has 0 aliphatic rings. The number of unbranched alkanes of at least 4 members (excludes halogenated alkanes) is 1. The van der Waals surface area contributed by atoms with Gasteiger partial charge in [0.2, 0.25) is 0 Å². The number of hydrogen-bond acceptors (Lipinski definition) is 2. The molecular weight excluding hydrogens is 324 g/mol. The summed E-state index contributed by atoms with van der Waals surface area (Å²) in [5.41, 5.74) is 1.57. The van der Waals surface area contributed by atoms with Gasteiger partial charge >= 0.3 is 5.69 Å². The maximum Gasteiger partial charge on any atom is 0.348 e. The summed E-state index contributed by atoms with van der Waals surface area (Å²) in [6.45, 7) is 4.51. The summed E-state index contributed by atoms with van der Waals surface area (Å²) in [6, 6.07) is 0. The van der Waals surface area contributed by atoms with Gasteiger partial charge in [-0.15, -0.1) is 0 Å². The molecule has 1 aromatic rings. The molecule has 0 saturated carbocycles. The average Bonchev–Trinajstić information content (AvgIpc) is 2.20. The Hall–Kier alpha value is -0.160. The van der Waals surface area contributed by atoms with E-state index in [1.54, 1.807) is 4.57 Å². The molecule has 0 unspecified atom stereocenters. The van der Waals surface area contributed by atoms with Crippen LogP contribution in [0.15, 0.2) is 9.27 Å². The van der Waals surface area contributed by atoms with Crippen molar-refractivity contribution in [3.05, 3.63) is 26.3 Å². The topological polar surface area (TPSA) is 34.9 Å². The van der Waals surface area contributed by atoms with E-state index in [1.165, 1.54) is 0 Å². The minimum absolute atomic E-state index is 0.150. The van der Waals surface area contributed by atoms with Crippen LogP contribution >= 0.6 is 31.9 Å². The van der Waals surface area contributed by atoms with E-state index in [9.17, 15) is 4.79 Å². The van der Waals surface area contributed by atoms with Crippen LogP contribution in [0.5, 0.6) is 0 Å². The van der Waals surface area contributed by atoms with Crippen molar-refractivity contribution in [2.45, 2.75) is 33.2 Å². The van der Waals surface area contributed by atoms with Crippen molar-refractivity contribution in [1.29, 1.82) is 0 Å². The number of nitrogens with zero attached hydrogens (tertiary/aromatic N) is 2. The number of aromatic nitrogens is 2. The summed E-state index contributed by atoms with van der Waals surface area (Å²) in [5, 5.41) is 0.973. The smallest absolute Gasteiger partial charge is 0.295 e. The van der Waals surface area contributed by atoms with Gasteiger partial charge in [-0.2, -0.15) is 4.98 Å². The molecular formula is C10H14Br2N2O. The molecule has 15 heavy (non-hydrogen) atoms. The molecule has 1 heterocycles. The maximum atomic E-state index is 11.6. The number of hydrogen-bond donors (Lipinski definition) is 0. The number of aryl methyl sites for hydroxylation is 1. The van der Waals surface area contributed by atoms with E-state index < -0.39 is 0 Å². The third kappa shape index (κ3) is 3.14. The van der Waals surface area contributed by atoms with Crippen LogP contribution in [-0.4, -0.2) is 14.9 Å². The van der Waals surface area contributed by atoms with E-state index in [0.29, 0.717) is 0 Å². The van der Waals surface area contributed by atoms with Crippen LogP contribution in [0.1, 0.15) is 24.2 Å². The third-order valence-electron chi connectivity index (χ3n) is 2.30. The van der Waals surface area contributed by atoms with E-state index in [1.807, 2.05) is 13.8 Å². The highest BCUT2D eigenvalue weighted by atomic mass is 79.9. The van der Waals surface area contributed by atoms with Crippen molar-refractivity contribution < 1.29 is 0 Å². The van der Waals surface area contributed by atoms with E-state index in [0.717, 1.165) is 40.6 Å². The first-order chi connectivity index (χ1) is 7.07. The van der Waals surface area contributed by atoms with Gasteiger partial charge in [0.05, 0.1) is 10.2 Å².